The van der Waals surface area contributed by atoms with Crippen LogP contribution in [0.4, 0.5) is 0 Å². The van der Waals surface area contributed by atoms with Gasteiger partial charge in [-0.25, -0.2) is 4.68 Å². The molecule has 1 rings (SSSR count). The van der Waals surface area contributed by atoms with Crippen molar-refractivity contribution in [2.45, 2.75) is 20.1 Å². The van der Waals surface area contributed by atoms with Crippen LogP contribution < -0.4 is 0 Å². The van der Waals surface area contributed by atoms with Crippen LogP contribution in [0.5, 0.6) is 0 Å². The number of ether oxygens (including phenoxy) is 1. The van der Waals surface area contributed by atoms with Crippen molar-refractivity contribution in [3.8, 4) is 0 Å². The summed E-state index contributed by atoms with van der Waals surface area (Å²) in [6.07, 6.45) is 3.65. The van der Waals surface area contributed by atoms with Crippen molar-refractivity contribution in [1.82, 2.24) is 9.78 Å². The number of hydrogen-bond acceptors (Lipinski definition) is 2. The lowest BCUT2D eigenvalue weighted by molar-refractivity contribution is 0.0159. The molecule has 1 aromatic heterocycles. The number of rotatable bonds is 3. The third-order valence-corrected chi connectivity index (χ3v) is 1.76. The lowest BCUT2D eigenvalue weighted by Crippen LogP contribution is -2.09. The van der Waals surface area contributed by atoms with Crippen LogP contribution >= 0.6 is 15.9 Å². The highest BCUT2D eigenvalue weighted by molar-refractivity contribution is 9.10. The van der Waals surface area contributed by atoms with Crippen molar-refractivity contribution in [2.24, 2.45) is 0 Å². The number of hydrogen-bond donors (Lipinski definition) is 0. The maximum Gasteiger partial charge on any atom is 0.147 e. The first-order chi connectivity index (χ1) is 5.24. The van der Waals surface area contributed by atoms with Crippen LogP contribution in [0, 0.1) is 0 Å². The van der Waals surface area contributed by atoms with E-state index in [1.807, 2.05) is 20.0 Å². The van der Waals surface area contributed by atoms with Gasteiger partial charge in [-0.05, 0) is 29.8 Å². The second kappa shape index (κ2) is 3.88. The van der Waals surface area contributed by atoms with E-state index in [0.29, 0.717) is 6.61 Å². The molecular formula is C7H11BrN2O. The summed E-state index contributed by atoms with van der Waals surface area (Å²) in [4.78, 5) is 0. The fourth-order valence-corrected chi connectivity index (χ4v) is 1.13. The van der Waals surface area contributed by atoms with E-state index in [2.05, 4.69) is 21.0 Å². The number of nitrogens with zero attached hydrogens (tertiary/aromatic N) is 2. The lowest BCUT2D eigenvalue weighted by atomic mass is 10.6. The Labute approximate surface area is 74.5 Å². The van der Waals surface area contributed by atoms with Gasteiger partial charge in [0.2, 0.25) is 0 Å². The van der Waals surface area contributed by atoms with Gasteiger partial charge in [-0.15, -0.1) is 0 Å². The molecule has 0 spiro atoms. The third-order valence-electron chi connectivity index (χ3n) is 1.35. The van der Waals surface area contributed by atoms with Crippen LogP contribution in [0.2, 0.25) is 0 Å². The highest BCUT2D eigenvalue weighted by Gasteiger charge is 2.03. The maximum absolute atomic E-state index is 5.32. The summed E-state index contributed by atoms with van der Waals surface area (Å²) in [5.74, 6) is 0. The average Bonchev–Trinajstić information content (AvgIpc) is 2.36. The van der Waals surface area contributed by atoms with Gasteiger partial charge in [0.15, 0.2) is 0 Å². The highest BCUT2D eigenvalue weighted by atomic mass is 79.9. The van der Waals surface area contributed by atoms with E-state index in [-0.39, 0.29) is 6.23 Å². The van der Waals surface area contributed by atoms with Gasteiger partial charge < -0.3 is 4.74 Å². The second-order valence-electron chi connectivity index (χ2n) is 2.19. The van der Waals surface area contributed by atoms with Crippen LogP contribution in [0.1, 0.15) is 20.1 Å². The predicted molar refractivity (Wildman–Crippen MR) is 46.3 cm³/mol. The highest BCUT2D eigenvalue weighted by Crippen LogP contribution is 2.11. The molecule has 0 bridgehead atoms. The molecule has 0 aliphatic rings. The van der Waals surface area contributed by atoms with Gasteiger partial charge in [0.25, 0.3) is 0 Å². The molecule has 0 saturated carbocycles. The van der Waals surface area contributed by atoms with Crippen molar-refractivity contribution in [3.05, 3.63) is 16.9 Å². The van der Waals surface area contributed by atoms with E-state index in [4.69, 9.17) is 4.74 Å². The maximum atomic E-state index is 5.32. The van der Waals surface area contributed by atoms with Gasteiger partial charge in [0.1, 0.15) is 6.23 Å². The molecule has 0 amide bonds. The molecule has 1 heterocycles. The summed E-state index contributed by atoms with van der Waals surface area (Å²) in [5.41, 5.74) is 0. The molecule has 0 unspecified atom stereocenters. The molecule has 0 N–H and O–H groups in total. The molecule has 0 fully saturated rings. The van der Waals surface area contributed by atoms with Gasteiger partial charge in [-0.3, -0.25) is 0 Å². The second-order valence-corrected chi connectivity index (χ2v) is 3.11. The Morgan fingerprint density at radius 3 is 3.00 bits per heavy atom. The minimum Gasteiger partial charge on any atom is -0.357 e. The Balaban J connectivity index is 2.60. The average molecular weight is 219 g/mol. The summed E-state index contributed by atoms with van der Waals surface area (Å²) in [6, 6.07) is 0. The number of halogens is 1. The summed E-state index contributed by atoms with van der Waals surface area (Å²) >= 11 is 3.31. The first-order valence-corrected chi connectivity index (χ1v) is 4.34. The monoisotopic (exact) mass is 218 g/mol. The molecule has 0 saturated heterocycles. The minimum absolute atomic E-state index is 0.0197. The SMILES string of the molecule is CCO[C@@H](C)n1cc(Br)cn1. The molecule has 0 aliphatic heterocycles. The third kappa shape index (κ3) is 2.31. The summed E-state index contributed by atoms with van der Waals surface area (Å²) in [6.45, 7) is 4.64. The summed E-state index contributed by atoms with van der Waals surface area (Å²) in [5, 5.41) is 4.08. The normalized spacial score (nSPS) is 13.4. The van der Waals surface area contributed by atoms with Crippen LogP contribution in [0.3, 0.4) is 0 Å². The number of aromatic nitrogens is 2. The van der Waals surface area contributed by atoms with Gasteiger partial charge in [0, 0.05) is 12.8 Å². The first kappa shape index (κ1) is 8.74. The largest absolute Gasteiger partial charge is 0.357 e. The Bertz CT molecular complexity index is 224. The zero-order valence-electron chi connectivity index (χ0n) is 6.62. The fraction of sp³-hybridized carbons (Fsp3) is 0.571. The van der Waals surface area contributed by atoms with E-state index in [9.17, 15) is 0 Å². The molecule has 3 nitrogen and oxygen atoms in total. The molecule has 62 valence electrons. The van der Waals surface area contributed by atoms with E-state index in [1.54, 1.807) is 10.9 Å². The van der Waals surface area contributed by atoms with Gasteiger partial charge in [-0.1, -0.05) is 0 Å². The predicted octanol–water partition coefficient (Wildman–Crippen LogP) is 2.20. The van der Waals surface area contributed by atoms with Crippen molar-refractivity contribution >= 4 is 15.9 Å². The van der Waals surface area contributed by atoms with E-state index in [1.165, 1.54) is 0 Å². The molecule has 0 aromatic carbocycles. The van der Waals surface area contributed by atoms with Crippen molar-refractivity contribution in [1.29, 1.82) is 0 Å². The zero-order chi connectivity index (χ0) is 8.27. The van der Waals surface area contributed by atoms with Crippen LogP contribution in [0.25, 0.3) is 0 Å². The zero-order valence-corrected chi connectivity index (χ0v) is 8.21. The van der Waals surface area contributed by atoms with E-state index < -0.39 is 0 Å². The van der Waals surface area contributed by atoms with Crippen molar-refractivity contribution in [3.63, 3.8) is 0 Å². The van der Waals surface area contributed by atoms with E-state index >= 15 is 0 Å². The molecular weight excluding hydrogens is 208 g/mol. The standard InChI is InChI=1S/C7H11BrN2O/c1-3-11-6(2)10-5-7(8)4-9-10/h4-6H,3H2,1-2H3/t6-/m0/s1. The Hall–Kier alpha value is -0.350. The van der Waals surface area contributed by atoms with E-state index in [0.717, 1.165) is 4.47 Å². The Morgan fingerprint density at radius 2 is 2.55 bits per heavy atom. The first-order valence-electron chi connectivity index (χ1n) is 3.55. The summed E-state index contributed by atoms with van der Waals surface area (Å²) < 4.78 is 8.07. The quantitative estimate of drug-likeness (QED) is 0.779. The Morgan fingerprint density at radius 1 is 1.82 bits per heavy atom. The van der Waals surface area contributed by atoms with Gasteiger partial charge in [0.05, 0.1) is 10.7 Å². The van der Waals surface area contributed by atoms with Crippen molar-refractivity contribution < 1.29 is 4.74 Å². The topological polar surface area (TPSA) is 27.1 Å². The molecule has 1 aromatic rings. The molecule has 1 atom stereocenters. The Kier molecular flexibility index (Phi) is 3.08. The molecule has 11 heavy (non-hydrogen) atoms. The van der Waals surface area contributed by atoms with Crippen LogP contribution in [-0.2, 0) is 4.74 Å². The molecule has 0 radical (unpaired) electrons. The smallest absolute Gasteiger partial charge is 0.147 e. The van der Waals surface area contributed by atoms with Crippen molar-refractivity contribution in [2.75, 3.05) is 6.61 Å². The van der Waals surface area contributed by atoms with Crippen LogP contribution in [-0.4, -0.2) is 16.4 Å². The van der Waals surface area contributed by atoms with Crippen LogP contribution in [0.15, 0.2) is 16.9 Å². The molecule has 4 heteroatoms. The van der Waals surface area contributed by atoms with Gasteiger partial charge in [-0.2, -0.15) is 5.10 Å². The lowest BCUT2D eigenvalue weighted by Gasteiger charge is -2.10. The minimum atomic E-state index is 0.0197. The van der Waals surface area contributed by atoms with Gasteiger partial charge >= 0.3 is 0 Å². The molecule has 0 aliphatic carbocycles. The summed E-state index contributed by atoms with van der Waals surface area (Å²) in [7, 11) is 0. The fourth-order valence-electron chi connectivity index (χ4n) is 0.831.